The quantitative estimate of drug-likeness (QED) is 0.529. The minimum atomic E-state index is 0.694. The molecule has 2 heteroatoms. The van der Waals surface area contributed by atoms with E-state index in [1.807, 2.05) is 11.8 Å². The molecule has 1 aliphatic heterocycles. The van der Waals surface area contributed by atoms with Crippen LogP contribution in [-0.4, -0.2) is 29.8 Å². The summed E-state index contributed by atoms with van der Waals surface area (Å²) >= 11 is 1.93. The number of rotatable bonds is 0. The molecule has 0 aromatic heterocycles. The van der Waals surface area contributed by atoms with Crippen LogP contribution in [0.2, 0.25) is 0 Å². The average molecular weight is 157 g/mol. The van der Waals surface area contributed by atoms with Gasteiger partial charge in [-0.15, -0.1) is 11.8 Å². The van der Waals surface area contributed by atoms with Gasteiger partial charge in [0.25, 0.3) is 0 Å². The molecule has 0 aromatic rings. The Morgan fingerprint density at radius 1 is 1.50 bits per heavy atom. The van der Waals surface area contributed by atoms with Gasteiger partial charge in [0.05, 0.1) is 0 Å². The highest BCUT2D eigenvalue weighted by Crippen LogP contribution is 2.21. The summed E-state index contributed by atoms with van der Waals surface area (Å²) in [5, 5.41) is 2.94. The van der Waals surface area contributed by atoms with Crippen molar-refractivity contribution < 1.29 is 0 Å². The van der Waals surface area contributed by atoms with Gasteiger partial charge in [0.2, 0.25) is 0 Å². The summed E-state index contributed by atoms with van der Waals surface area (Å²) in [6.45, 7) is 5.66. The van der Waals surface area contributed by atoms with Crippen LogP contribution in [0.1, 0.15) is 13.8 Å². The Labute approximate surface area is 67.5 Å². The molecular formula is C8H15NS. The highest BCUT2D eigenvalue weighted by atomic mass is 32.2. The molecular weight excluding hydrogens is 142 g/mol. The van der Waals surface area contributed by atoms with E-state index in [1.165, 1.54) is 0 Å². The van der Waals surface area contributed by atoms with E-state index in [-0.39, 0.29) is 0 Å². The standard InChI is InChI=1S/C8H15NS/c1-7-8(2)10-6-4-5-9(7)3/h4,6-8H,5H2,1-3H3. The van der Waals surface area contributed by atoms with Gasteiger partial charge in [-0.25, -0.2) is 0 Å². The minimum absolute atomic E-state index is 0.694. The lowest BCUT2D eigenvalue weighted by Gasteiger charge is -2.25. The fraction of sp³-hybridized carbons (Fsp3) is 0.750. The first-order valence-corrected chi connectivity index (χ1v) is 4.67. The van der Waals surface area contributed by atoms with Crippen LogP contribution in [0, 0.1) is 0 Å². The Morgan fingerprint density at radius 3 is 2.90 bits per heavy atom. The molecule has 0 aromatic carbocycles. The third kappa shape index (κ3) is 1.77. The van der Waals surface area contributed by atoms with E-state index in [9.17, 15) is 0 Å². The molecule has 1 nitrogen and oxygen atoms in total. The average Bonchev–Trinajstić information content (AvgIpc) is 2.04. The van der Waals surface area contributed by atoms with Crippen LogP contribution in [0.15, 0.2) is 11.5 Å². The van der Waals surface area contributed by atoms with Crippen LogP contribution in [0.3, 0.4) is 0 Å². The van der Waals surface area contributed by atoms with Crippen molar-refractivity contribution in [3.63, 3.8) is 0 Å². The number of thioether (sulfide) groups is 1. The summed E-state index contributed by atoms with van der Waals surface area (Å²) in [4.78, 5) is 2.38. The zero-order chi connectivity index (χ0) is 7.56. The van der Waals surface area contributed by atoms with Gasteiger partial charge in [-0.2, -0.15) is 0 Å². The van der Waals surface area contributed by atoms with Crippen LogP contribution in [-0.2, 0) is 0 Å². The maximum atomic E-state index is 2.38. The molecule has 0 bridgehead atoms. The summed E-state index contributed by atoms with van der Waals surface area (Å²) < 4.78 is 0. The molecule has 1 rings (SSSR count). The van der Waals surface area contributed by atoms with Crippen molar-refractivity contribution in [3.05, 3.63) is 11.5 Å². The SMILES string of the molecule is CC1SC=CCN(C)C1C. The van der Waals surface area contributed by atoms with Crippen LogP contribution in [0.4, 0.5) is 0 Å². The molecule has 0 N–H and O–H groups in total. The molecule has 10 heavy (non-hydrogen) atoms. The predicted octanol–water partition coefficient (Wildman–Crippen LogP) is 1.96. The molecule has 1 heterocycles. The summed E-state index contributed by atoms with van der Waals surface area (Å²) in [5.74, 6) is 0. The van der Waals surface area contributed by atoms with E-state index in [0.717, 1.165) is 11.8 Å². The molecule has 0 amide bonds. The van der Waals surface area contributed by atoms with E-state index >= 15 is 0 Å². The van der Waals surface area contributed by atoms with E-state index < -0.39 is 0 Å². The number of nitrogens with zero attached hydrogens (tertiary/aromatic N) is 1. The minimum Gasteiger partial charge on any atom is -0.299 e. The Balaban J connectivity index is 2.56. The van der Waals surface area contributed by atoms with E-state index in [2.05, 4.69) is 37.3 Å². The number of hydrogen-bond donors (Lipinski definition) is 0. The Kier molecular flexibility index (Phi) is 2.81. The van der Waals surface area contributed by atoms with Gasteiger partial charge in [0, 0.05) is 17.8 Å². The van der Waals surface area contributed by atoms with Crippen molar-refractivity contribution in [1.82, 2.24) is 4.90 Å². The van der Waals surface area contributed by atoms with Gasteiger partial charge in [-0.1, -0.05) is 13.0 Å². The lowest BCUT2D eigenvalue weighted by molar-refractivity contribution is 0.285. The zero-order valence-corrected chi connectivity index (χ0v) is 7.69. The molecule has 0 saturated heterocycles. The highest BCUT2D eigenvalue weighted by Gasteiger charge is 2.17. The maximum Gasteiger partial charge on any atom is 0.0213 e. The second kappa shape index (κ2) is 3.44. The van der Waals surface area contributed by atoms with Gasteiger partial charge < -0.3 is 0 Å². The third-order valence-electron chi connectivity index (χ3n) is 2.16. The van der Waals surface area contributed by atoms with Crippen molar-refractivity contribution >= 4 is 11.8 Å². The van der Waals surface area contributed by atoms with Crippen LogP contribution in [0.25, 0.3) is 0 Å². The van der Waals surface area contributed by atoms with Gasteiger partial charge in [-0.3, -0.25) is 4.90 Å². The van der Waals surface area contributed by atoms with Gasteiger partial charge >= 0.3 is 0 Å². The molecule has 0 aliphatic carbocycles. The van der Waals surface area contributed by atoms with Crippen LogP contribution in [0.5, 0.6) is 0 Å². The summed E-state index contributed by atoms with van der Waals surface area (Å²) in [7, 11) is 2.18. The van der Waals surface area contributed by atoms with Crippen molar-refractivity contribution in [2.75, 3.05) is 13.6 Å². The monoisotopic (exact) mass is 157 g/mol. The van der Waals surface area contributed by atoms with Crippen LogP contribution >= 0.6 is 11.8 Å². The molecule has 0 fully saturated rings. The molecule has 0 spiro atoms. The molecule has 1 aliphatic rings. The van der Waals surface area contributed by atoms with Gasteiger partial charge in [0.15, 0.2) is 0 Å². The smallest absolute Gasteiger partial charge is 0.0213 e. The Bertz CT molecular complexity index is 119. The molecule has 58 valence electrons. The second-order valence-corrected chi connectivity index (χ2v) is 4.18. The third-order valence-corrected chi connectivity index (χ3v) is 3.33. The van der Waals surface area contributed by atoms with Crippen molar-refractivity contribution in [2.24, 2.45) is 0 Å². The molecule has 0 saturated carbocycles. The largest absolute Gasteiger partial charge is 0.299 e. The second-order valence-electron chi connectivity index (χ2n) is 2.89. The van der Waals surface area contributed by atoms with Crippen molar-refractivity contribution in [1.29, 1.82) is 0 Å². The Hall–Kier alpha value is 0.0500. The van der Waals surface area contributed by atoms with Crippen LogP contribution < -0.4 is 0 Å². The topological polar surface area (TPSA) is 3.24 Å². The van der Waals surface area contributed by atoms with Gasteiger partial charge in [0.1, 0.15) is 0 Å². The molecule has 2 atom stereocenters. The van der Waals surface area contributed by atoms with Gasteiger partial charge in [-0.05, 0) is 19.4 Å². The normalized spacial score (nSPS) is 35.9. The lowest BCUT2D eigenvalue weighted by atomic mass is 10.2. The van der Waals surface area contributed by atoms with Crippen molar-refractivity contribution in [3.8, 4) is 0 Å². The predicted molar refractivity (Wildman–Crippen MR) is 48.3 cm³/mol. The first-order valence-electron chi connectivity index (χ1n) is 3.72. The summed E-state index contributed by atoms with van der Waals surface area (Å²) in [6, 6.07) is 0.694. The number of likely N-dealkylation sites (N-methyl/N-ethyl adjacent to an activating group) is 1. The fourth-order valence-electron chi connectivity index (χ4n) is 1.03. The fourth-order valence-corrected chi connectivity index (χ4v) is 1.91. The van der Waals surface area contributed by atoms with E-state index in [1.54, 1.807) is 0 Å². The van der Waals surface area contributed by atoms with E-state index in [4.69, 9.17) is 0 Å². The molecule has 2 unspecified atom stereocenters. The van der Waals surface area contributed by atoms with E-state index in [0.29, 0.717) is 6.04 Å². The maximum absolute atomic E-state index is 2.38. The van der Waals surface area contributed by atoms with Crippen molar-refractivity contribution in [2.45, 2.75) is 25.1 Å². The molecule has 0 radical (unpaired) electrons. The Morgan fingerprint density at radius 2 is 2.20 bits per heavy atom. The summed E-state index contributed by atoms with van der Waals surface area (Å²) in [6.07, 6.45) is 2.23. The first-order chi connectivity index (χ1) is 4.72. The highest BCUT2D eigenvalue weighted by molar-refractivity contribution is 8.02. The zero-order valence-electron chi connectivity index (χ0n) is 6.87. The summed E-state index contributed by atoms with van der Waals surface area (Å²) in [5.41, 5.74) is 0. The number of hydrogen-bond acceptors (Lipinski definition) is 2. The first kappa shape index (κ1) is 8.15. The lowest BCUT2D eigenvalue weighted by Crippen LogP contribution is -2.34.